The van der Waals surface area contributed by atoms with Crippen LogP contribution in [-0.4, -0.2) is 25.1 Å². The van der Waals surface area contributed by atoms with Crippen molar-refractivity contribution < 1.29 is 13.2 Å². The first-order valence-electron chi connectivity index (χ1n) is 4.50. The van der Waals surface area contributed by atoms with E-state index in [0.29, 0.717) is 11.3 Å². The molecule has 0 atom stereocenters. The lowest BCUT2D eigenvalue weighted by atomic mass is 10.2. The summed E-state index contributed by atoms with van der Waals surface area (Å²) in [5.41, 5.74) is 1.23. The molecule has 90 valence electrons. The van der Waals surface area contributed by atoms with Crippen molar-refractivity contribution >= 4 is 21.6 Å². The predicted octanol–water partition coefficient (Wildman–Crippen LogP) is 0.861. The van der Waals surface area contributed by atoms with Gasteiger partial charge >= 0.3 is 0 Å². The van der Waals surface area contributed by atoms with Crippen LogP contribution >= 0.6 is 11.5 Å². The molecule has 0 saturated carbocycles. The molecule has 2 rings (SSSR count). The average Bonchev–Trinajstić information content (AvgIpc) is 2.80. The minimum atomic E-state index is -3.83. The highest BCUT2D eigenvalue weighted by molar-refractivity contribution is 7.89. The fourth-order valence-corrected chi connectivity index (χ4v) is 2.54. The average molecular weight is 271 g/mol. The van der Waals surface area contributed by atoms with Gasteiger partial charge in [0, 0.05) is 10.9 Å². The standard InChI is InChI=1S/C9H9N3O3S2/c1-15-8-3-2-6(7-5-16-12-11-7)4-9(8)17(10,13)14/h2-5H,1H3,(H2,10,13,14). The van der Waals surface area contributed by atoms with E-state index in [1.165, 1.54) is 30.8 Å². The molecule has 1 aromatic carbocycles. The second-order valence-electron chi connectivity index (χ2n) is 3.20. The summed E-state index contributed by atoms with van der Waals surface area (Å²) >= 11 is 1.18. The molecule has 0 radical (unpaired) electrons. The molecule has 0 aliphatic carbocycles. The molecular formula is C9H9N3O3S2. The number of methoxy groups -OCH3 is 1. The largest absolute Gasteiger partial charge is 0.495 e. The van der Waals surface area contributed by atoms with E-state index >= 15 is 0 Å². The van der Waals surface area contributed by atoms with Gasteiger partial charge in [-0.3, -0.25) is 0 Å². The van der Waals surface area contributed by atoms with Gasteiger partial charge in [0.1, 0.15) is 16.3 Å². The van der Waals surface area contributed by atoms with E-state index in [1.807, 2.05) is 0 Å². The molecule has 2 N–H and O–H groups in total. The van der Waals surface area contributed by atoms with Crippen LogP contribution in [0.15, 0.2) is 28.5 Å². The van der Waals surface area contributed by atoms with Crippen LogP contribution in [0.1, 0.15) is 0 Å². The molecule has 0 bridgehead atoms. The fourth-order valence-electron chi connectivity index (χ4n) is 1.35. The molecule has 0 amide bonds. The van der Waals surface area contributed by atoms with Crippen molar-refractivity contribution in [2.45, 2.75) is 4.90 Å². The van der Waals surface area contributed by atoms with Crippen LogP contribution in [0, 0.1) is 0 Å². The number of hydrogen-bond donors (Lipinski definition) is 1. The lowest BCUT2D eigenvalue weighted by Gasteiger charge is -2.07. The first-order valence-corrected chi connectivity index (χ1v) is 6.89. The van der Waals surface area contributed by atoms with E-state index in [-0.39, 0.29) is 10.6 Å². The summed E-state index contributed by atoms with van der Waals surface area (Å²) in [6.07, 6.45) is 0. The summed E-state index contributed by atoms with van der Waals surface area (Å²) in [5, 5.41) is 10.7. The number of aromatic nitrogens is 2. The molecule has 1 aromatic heterocycles. The van der Waals surface area contributed by atoms with E-state index < -0.39 is 10.0 Å². The Morgan fingerprint density at radius 3 is 2.71 bits per heavy atom. The van der Waals surface area contributed by atoms with Gasteiger partial charge in [-0.2, -0.15) is 0 Å². The molecule has 1 heterocycles. The van der Waals surface area contributed by atoms with Gasteiger partial charge in [-0.25, -0.2) is 13.6 Å². The van der Waals surface area contributed by atoms with E-state index in [1.54, 1.807) is 11.4 Å². The Bertz CT molecular complexity index is 623. The van der Waals surface area contributed by atoms with E-state index in [9.17, 15) is 8.42 Å². The molecule has 17 heavy (non-hydrogen) atoms. The summed E-state index contributed by atoms with van der Waals surface area (Å²) in [5.74, 6) is 0.208. The van der Waals surface area contributed by atoms with Gasteiger partial charge in [-0.1, -0.05) is 4.49 Å². The number of benzene rings is 1. The highest BCUT2D eigenvalue weighted by Gasteiger charge is 2.16. The van der Waals surface area contributed by atoms with Crippen LogP contribution in [0.3, 0.4) is 0 Å². The zero-order chi connectivity index (χ0) is 12.5. The predicted molar refractivity (Wildman–Crippen MR) is 63.3 cm³/mol. The highest BCUT2D eigenvalue weighted by Crippen LogP contribution is 2.28. The van der Waals surface area contributed by atoms with Crippen molar-refractivity contribution in [3.05, 3.63) is 23.6 Å². The van der Waals surface area contributed by atoms with Crippen molar-refractivity contribution in [2.75, 3.05) is 7.11 Å². The zero-order valence-corrected chi connectivity index (χ0v) is 10.5. The normalized spacial score (nSPS) is 11.4. The molecule has 0 aliphatic heterocycles. The van der Waals surface area contributed by atoms with Gasteiger partial charge in [0.2, 0.25) is 10.0 Å². The summed E-state index contributed by atoms with van der Waals surface area (Å²) in [7, 11) is -2.45. The Morgan fingerprint density at radius 2 is 2.18 bits per heavy atom. The van der Waals surface area contributed by atoms with E-state index in [4.69, 9.17) is 9.88 Å². The maximum Gasteiger partial charge on any atom is 0.241 e. The van der Waals surface area contributed by atoms with Gasteiger partial charge in [0.05, 0.1) is 7.11 Å². The number of nitrogens with two attached hydrogens (primary N) is 1. The number of nitrogens with zero attached hydrogens (tertiary/aromatic N) is 2. The Labute approximate surface area is 102 Å². The van der Waals surface area contributed by atoms with Crippen LogP contribution in [0.4, 0.5) is 0 Å². The second kappa shape index (κ2) is 4.40. The first kappa shape index (κ1) is 12.0. The van der Waals surface area contributed by atoms with Crippen LogP contribution in [0.5, 0.6) is 5.75 Å². The molecule has 6 nitrogen and oxygen atoms in total. The Kier molecular flexibility index (Phi) is 3.09. The second-order valence-corrected chi connectivity index (χ2v) is 5.34. The molecular weight excluding hydrogens is 262 g/mol. The molecule has 0 aliphatic rings. The first-order chi connectivity index (χ1) is 8.02. The zero-order valence-electron chi connectivity index (χ0n) is 8.82. The highest BCUT2D eigenvalue weighted by atomic mass is 32.2. The van der Waals surface area contributed by atoms with Crippen LogP contribution in [0.25, 0.3) is 11.3 Å². The van der Waals surface area contributed by atoms with Gasteiger partial charge in [-0.15, -0.1) is 5.10 Å². The molecule has 0 spiro atoms. The van der Waals surface area contributed by atoms with Crippen molar-refractivity contribution in [3.8, 4) is 17.0 Å². The minimum absolute atomic E-state index is 0.0644. The molecule has 8 heteroatoms. The molecule has 0 fully saturated rings. The van der Waals surface area contributed by atoms with E-state index in [2.05, 4.69) is 9.59 Å². The maximum absolute atomic E-state index is 11.4. The van der Waals surface area contributed by atoms with Gasteiger partial charge in [-0.05, 0) is 29.7 Å². The van der Waals surface area contributed by atoms with E-state index in [0.717, 1.165) is 0 Å². The van der Waals surface area contributed by atoms with Crippen LogP contribution < -0.4 is 9.88 Å². The van der Waals surface area contributed by atoms with Crippen molar-refractivity contribution in [1.29, 1.82) is 0 Å². The molecule has 0 saturated heterocycles. The number of ether oxygens (including phenoxy) is 1. The quantitative estimate of drug-likeness (QED) is 0.893. The number of rotatable bonds is 3. The Morgan fingerprint density at radius 1 is 1.41 bits per heavy atom. The third kappa shape index (κ3) is 2.43. The maximum atomic E-state index is 11.4. The topological polar surface area (TPSA) is 95.2 Å². The SMILES string of the molecule is COc1ccc(-c2csnn2)cc1S(N)(=O)=O. The number of primary sulfonamides is 1. The van der Waals surface area contributed by atoms with Crippen molar-refractivity contribution in [1.82, 2.24) is 9.59 Å². The molecule has 2 aromatic rings. The number of hydrogen-bond acceptors (Lipinski definition) is 6. The number of sulfonamides is 1. The third-order valence-corrected chi connectivity index (χ3v) is 3.56. The summed E-state index contributed by atoms with van der Waals surface area (Å²) in [6.45, 7) is 0. The summed E-state index contributed by atoms with van der Waals surface area (Å²) in [6, 6.07) is 4.66. The monoisotopic (exact) mass is 271 g/mol. The summed E-state index contributed by atoms with van der Waals surface area (Å²) in [4.78, 5) is -0.0644. The van der Waals surface area contributed by atoms with Gasteiger partial charge in [0.25, 0.3) is 0 Å². The smallest absolute Gasteiger partial charge is 0.241 e. The lowest BCUT2D eigenvalue weighted by molar-refractivity contribution is 0.403. The molecule has 0 unspecified atom stereocenters. The fraction of sp³-hybridized carbons (Fsp3) is 0.111. The third-order valence-electron chi connectivity index (χ3n) is 2.13. The van der Waals surface area contributed by atoms with Crippen molar-refractivity contribution in [3.63, 3.8) is 0 Å². The summed E-state index contributed by atoms with van der Waals surface area (Å²) < 4.78 is 31.5. The van der Waals surface area contributed by atoms with Crippen molar-refractivity contribution in [2.24, 2.45) is 5.14 Å². The Hall–Kier alpha value is -1.51. The Balaban J connectivity index is 2.61. The van der Waals surface area contributed by atoms with Gasteiger partial charge < -0.3 is 4.74 Å². The minimum Gasteiger partial charge on any atom is -0.495 e. The van der Waals surface area contributed by atoms with Gasteiger partial charge in [0.15, 0.2) is 0 Å². The van der Waals surface area contributed by atoms with Crippen LogP contribution in [0.2, 0.25) is 0 Å². The van der Waals surface area contributed by atoms with Crippen LogP contribution in [-0.2, 0) is 10.0 Å². The lowest BCUT2D eigenvalue weighted by Crippen LogP contribution is -2.13.